The van der Waals surface area contributed by atoms with E-state index in [2.05, 4.69) is 51.3 Å². The molecule has 2 N–H and O–H groups in total. The first-order valence-corrected chi connectivity index (χ1v) is 8.10. The second kappa shape index (κ2) is 7.43. The molecule has 1 unspecified atom stereocenters. The number of rotatable bonds is 7. The first-order chi connectivity index (χ1) is 10.1. The van der Waals surface area contributed by atoms with Gasteiger partial charge in [0.05, 0.1) is 0 Å². The predicted molar refractivity (Wildman–Crippen MR) is 88.0 cm³/mol. The van der Waals surface area contributed by atoms with E-state index >= 15 is 0 Å². The van der Waals surface area contributed by atoms with E-state index in [0.29, 0.717) is 23.9 Å². The van der Waals surface area contributed by atoms with Crippen molar-refractivity contribution in [3.05, 3.63) is 0 Å². The van der Waals surface area contributed by atoms with Crippen molar-refractivity contribution in [3.8, 4) is 0 Å². The minimum Gasteiger partial charge on any atom is -0.354 e. The molecule has 0 spiro atoms. The molecule has 2 heterocycles. The standard InChI is InChI=1S/C15H28N6/c1-5-16-13-18-14(17-12(4)10-11(2)3)20-15(19-13)21-8-6-7-9-21/h11-12H,5-10H2,1-4H3,(H2,16,17,18,19,20). The number of anilines is 3. The van der Waals surface area contributed by atoms with Gasteiger partial charge in [-0.3, -0.25) is 0 Å². The zero-order chi connectivity index (χ0) is 15.2. The summed E-state index contributed by atoms with van der Waals surface area (Å²) in [6.45, 7) is 11.6. The molecule has 0 bridgehead atoms. The monoisotopic (exact) mass is 292 g/mol. The van der Waals surface area contributed by atoms with Crippen molar-refractivity contribution in [1.29, 1.82) is 0 Å². The zero-order valence-corrected chi connectivity index (χ0v) is 13.7. The normalized spacial score (nSPS) is 16.3. The van der Waals surface area contributed by atoms with E-state index in [9.17, 15) is 0 Å². The Hall–Kier alpha value is -1.59. The number of nitrogens with zero attached hydrogens (tertiary/aromatic N) is 4. The number of hydrogen-bond donors (Lipinski definition) is 2. The van der Waals surface area contributed by atoms with Crippen LogP contribution in [-0.2, 0) is 0 Å². The number of nitrogens with one attached hydrogen (secondary N) is 2. The Labute approximate surface area is 127 Å². The maximum absolute atomic E-state index is 4.60. The maximum Gasteiger partial charge on any atom is 0.231 e. The van der Waals surface area contributed by atoms with Crippen molar-refractivity contribution < 1.29 is 0 Å². The van der Waals surface area contributed by atoms with Gasteiger partial charge in [-0.05, 0) is 39.0 Å². The average Bonchev–Trinajstić information content (AvgIpc) is 2.91. The summed E-state index contributed by atoms with van der Waals surface area (Å²) < 4.78 is 0. The van der Waals surface area contributed by atoms with Gasteiger partial charge in [-0.1, -0.05) is 13.8 Å². The molecule has 118 valence electrons. The molecule has 1 aromatic rings. The second-order valence-electron chi connectivity index (χ2n) is 6.18. The lowest BCUT2D eigenvalue weighted by Crippen LogP contribution is -2.24. The molecule has 0 aliphatic carbocycles. The van der Waals surface area contributed by atoms with Crippen molar-refractivity contribution in [2.45, 2.75) is 53.0 Å². The van der Waals surface area contributed by atoms with Gasteiger partial charge in [0.15, 0.2) is 0 Å². The summed E-state index contributed by atoms with van der Waals surface area (Å²) >= 11 is 0. The smallest absolute Gasteiger partial charge is 0.231 e. The van der Waals surface area contributed by atoms with E-state index in [1.54, 1.807) is 0 Å². The Morgan fingerprint density at radius 1 is 1.05 bits per heavy atom. The van der Waals surface area contributed by atoms with E-state index in [0.717, 1.165) is 32.0 Å². The van der Waals surface area contributed by atoms with E-state index in [-0.39, 0.29) is 0 Å². The van der Waals surface area contributed by atoms with Crippen LogP contribution in [0.3, 0.4) is 0 Å². The molecule has 0 amide bonds. The first kappa shape index (κ1) is 15.8. The van der Waals surface area contributed by atoms with Crippen LogP contribution in [0.1, 0.15) is 47.0 Å². The van der Waals surface area contributed by atoms with Gasteiger partial charge in [0, 0.05) is 25.7 Å². The van der Waals surface area contributed by atoms with E-state index < -0.39 is 0 Å². The van der Waals surface area contributed by atoms with Crippen LogP contribution in [0.25, 0.3) is 0 Å². The molecule has 1 aromatic heterocycles. The lowest BCUT2D eigenvalue weighted by atomic mass is 10.1. The highest BCUT2D eigenvalue weighted by molar-refractivity contribution is 5.44. The van der Waals surface area contributed by atoms with Crippen LogP contribution in [-0.4, -0.2) is 40.6 Å². The van der Waals surface area contributed by atoms with Crippen LogP contribution in [0.4, 0.5) is 17.8 Å². The van der Waals surface area contributed by atoms with Crippen molar-refractivity contribution in [1.82, 2.24) is 15.0 Å². The van der Waals surface area contributed by atoms with Crippen molar-refractivity contribution in [2.75, 3.05) is 35.2 Å². The first-order valence-electron chi connectivity index (χ1n) is 8.10. The van der Waals surface area contributed by atoms with Gasteiger partial charge >= 0.3 is 0 Å². The average molecular weight is 292 g/mol. The van der Waals surface area contributed by atoms with Gasteiger partial charge in [0.1, 0.15) is 0 Å². The lowest BCUT2D eigenvalue weighted by molar-refractivity contribution is 0.537. The van der Waals surface area contributed by atoms with Gasteiger partial charge < -0.3 is 15.5 Å². The Morgan fingerprint density at radius 3 is 2.33 bits per heavy atom. The Bertz CT molecular complexity index is 442. The van der Waals surface area contributed by atoms with E-state index in [4.69, 9.17) is 0 Å². The van der Waals surface area contributed by atoms with Crippen LogP contribution in [0.2, 0.25) is 0 Å². The highest BCUT2D eigenvalue weighted by Crippen LogP contribution is 2.19. The van der Waals surface area contributed by atoms with Crippen LogP contribution in [0.5, 0.6) is 0 Å². The van der Waals surface area contributed by atoms with Gasteiger partial charge in [-0.2, -0.15) is 15.0 Å². The minimum absolute atomic E-state index is 0.355. The minimum atomic E-state index is 0.355. The molecule has 1 atom stereocenters. The van der Waals surface area contributed by atoms with Crippen LogP contribution in [0.15, 0.2) is 0 Å². The molecule has 1 saturated heterocycles. The topological polar surface area (TPSA) is 66.0 Å². The molecule has 1 fully saturated rings. The SMILES string of the molecule is CCNc1nc(NC(C)CC(C)C)nc(N2CCCC2)n1. The summed E-state index contributed by atoms with van der Waals surface area (Å²) in [4.78, 5) is 15.8. The summed E-state index contributed by atoms with van der Waals surface area (Å²) in [6, 6.07) is 0.355. The fourth-order valence-electron chi connectivity index (χ4n) is 2.71. The summed E-state index contributed by atoms with van der Waals surface area (Å²) in [6.07, 6.45) is 3.53. The molecule has 0 aromatic carbocycles. The summed E-state index contributed by atoms with van der Waals surface area (Å²) in [7, 11) is 0. The molecule has 0 radical (unpaired) electrons. The third-order valence-corrected chi connectivity index (χ3v) is 3.55. The van der Waals surface area contributed by atoms with E-state index in [1.807, 2.05) is 6.92 Å². The largest absolute Gasteiger partial charge is 0.354 e. The van der Waals surface area contributed by atoms with E-state index in [1.165, 1.54) is 12.8 Å². The van der Waals surface area contributed by atoms with Crippen molar-refractivity contribution in [2.24, 2.45) is 5.92 Å². The second-order valence-corrected chi connectivity index (χ2v) is 6.18. The highest BCUT2D eigenvalue weighted by Gasteiger charge is 2.18. The lowest BCUT2D eigenvalue weighted by Gasteiger charge is -2.19. The molecule has 6 nitrogen and oxygen atoms in total. The number of hydrogen-bond acceptors (Lipinski definition) is 6. The van der Waals surface area contributed by atoms with Crippen LogP contribution in [0, 0.1) is 5.92 Å². The summed E-state index contributed by atoms with van der Waals surface area (Å²) in [5.74, 6) is 2.78. The van der Waals surface area contributed by atoms with Gasteiger partial charge in [0.25, 0.3) is 0 Å². The Morgan fingerprint density at radius 2 is 1.71 bits per heavy atom. The van der Waals surface area contributed by atoms with Crippen LogP contribution >= 0.6 is 0 Å². The number of aromatic nitrogens is 3. The van der Waals surface area contributed by atoms with Crippen molar-refractivity contribution in [3.63, 3.8) is 0 Å². The maximum atomic E-state index is 4.60. The molecule has 2 rings (SSSR count). The zero-order valence-electron chi connectivity index (χ0n) is 13.7. The summed E-state index contributed by atoms with van der Waals surface area (Å²) in [5.41, 5.74) is 0. The molecule has 21 heavy (non-hydrogen) atoms. The molecule has 0 saturated carbocycles. The van der Waals surface area contributed by atoms with Gasteiger partial charge in [-0.25, -0.2) is 0 Å². The van der Waals surface area contributed by atoms with Crippen molar-refractivity contribution >= 4 is 17.8 Å². The predicted octanol–water partition coefficient (Wildman–Crippen LogP) is 2.75. The molecular formula is C15H28N6. The molecule has 6 heteroatoms. The molecular weight excluding hydrogens is 264 g/mol. The molecule has 1 aliphatic rings. The van der Waals surface area contributed by atoms with Gasteiger partial charge in [0.2, 0.25) is 17.8 Å². The Kier molecular flexibility index (Phi) is 5.59. The quantitative estimate of drug-likeness (QED) is 0.805. The van der Waals surface area contributed by atoms with Crippen LogP contribution < -0.4 is 15.5 Å². The summed E-state index contributed by atoms with van der Waals surface area (Å²) in [5, 5.41) is 6.60. The molecule has 1 aliphatic heterocycles. The fraction of sp³-hybridized carbons (Fsp3) is 0.800. The third kappa shape index (κ3) is 4.72. The highest BCUT2D eigenvalue weighted by atomic mass is 15.3. The third-order valence-electron chi connectivity index (χ3n) is 3.55. The Balaban J connectivity index is 2.14. The van der Waals surface area contributed by atoms with Gasteiger partial charge in [-0.15, -0.1) is 0 Å². The fourth-order valence-corrected chi connectivity index (χ4v) is 2.71.